The van der Waals surface area contributed by atoms with E-state index in [0.29, 0.717) is 11.5 Å². The summed E-state index contributed by atoms with van der Waals surface area (Å²) >= 11 is 0. The van der Waals surface area contributed by atoms with Crippen LogP contribution in [0.2, 0.25) is 0 Å². The Kier molecular flexibility index (Phi) is 5.45. The zero-order chi connectivity index (χ0) is 11.4. The zero-order valence-electron chi connectivity index (χ0n) is 9.69. The van der Waals surface area contributed by atoms with Crippen LogP contribution in [0.1, 0.15) is 28.8 Å². The maximum Gasteiger partial charge on any atom is 0.335 e. The summed E-state index contributed by atoms with van der Waals surface area (Å²) in [7, 11) is 0. The molecule has 1 saturated heterocycles. The van der Waals surface area contributed by atoms with Crippen molar-refractivity contribution in [3.63, 3.8) is 0 Å². The number of hydrogen-bond donors (Lipinski definition) is 2. The van der Waals surface area contributed by atoms with Gasteiger partial charge in [-0.3, -0.25) is 0 Å². The first kappa shape index (κ1) is 14.0. The average molecular weight is 256 g/mol. The number of carboxylic acids is 1. The van der Waals surface area contributed by atoms with Crippen LogP contribution in [0.4, 0.5) is 0 Å². The second-order valence-electron chi connectivity index (χ2n) is 4.42. The Bertz CT molecular complexity index is 358. The molecule has 1 aliphatic rings. The molecule has 1 heterocycles. The smallest absolute Gasteiger partial charge is 0.335 e. The van der Waals surface area contributed by atoms with Gasteiger partial charge in [0.2, 0.25) is 0 Å². The Morgan fingerprint density at radius 2 is 2.06 bits per heavy atom. The van der Waals surface area contributed by atoms with Crippen LogP contribution in [0.25, 0.3) is 0 Å². The molecule has 1 aliphatic heterocycles. The van der Waals surface area contributed by atoms with Gasteiger partial charge in [0, 0.05) is 0 Å². The van der Waals surface area contributed by atoms with Gasteiger partial charge in [-0.15, -0.1) is 12.4 Å². The minimum atomic E-state index is -0.856. The summed E-state index contributed by atoms with van der Waals surface area (Å²) in [6.07, 6.45) is 3.57. The van der Waals surface area contributed by atoms with E-state index in [1.165, 1.54) is 18.4 Å². The normalized spacial score (nSPS) is 19.4. The molecular formula is C13H18ClNO2. The number of piperidine rings is 1. The number of rotatable bonds is 3. The van der Waals surface area contributed by atoms with Crippen molar-refractivity contribution in [2.45, 2.75) is 19.3 Å². The molecule has 1 atom stereocenters. The summed E-state index contributed by atoms with van der Waals surface area (Å²) in [5, 5.41) is 12.2. The maximum atomic E-state index is 10.7. The topological polar surface area (TPSA) is 49.3 Å². The number of nitrogens with one attached hydrogen (secondary N) is 1. The van der Waals surface area contributed by atoms with Gasteiger partial charge < -0.3 is 10.4 Å². The third-order valence-corrected chi connectivity index (χ3v) is 3.12. The van der Waals surface area contributed by atoms with E-state index in [1.54, 1.807) is 12.1 Å². The number of hydrogen-bond acceptors (Lipinski definition) is 2. The third-order valence-electron chi connectivity index (χ3n) is 3.12. The Labute approximate surface area is 108 Å². The summed E-state index contributed by atoms with van der Waals surface area (Å²) in [4.78, 5) is 10.7. The summed E-state index contributed by atoms with van der Waals surface area (Å²) in [5.41, 5.74) is 1.60. The van der Waals surface area contributed by atoms with Gasteiger partial charge in [0.1, 0.15) is 0 Å². The first-order valence-corrected chi connectivity index (χ1v) is 5.78. The molecular weight excluding hydrogens is 238 g/mol. The van der Waals surface area contributed by atoms with Gasteiger partial charge in [-0.1, -0.05) is 12.1 Å². The quantitative estimate of drug-likeness (QED) is 0.872. The second kappa shape index (κ2) is 6.62. The van der Waals surface area contributed by atoms with Crippen LogP contribution in [-0.4, -0.2) is 24.2 Å². The van der Waals surface area contributed by atoms with Crippen LogP contribution in [-0.2, 0) is 6.42 Å². The molecule has 0 radical (unpaired) electrons. The fourth-order valence-electron chi connectivity index (χ4n) is 2.21. The van der Waals surface area contributed by atoms with Gasteiger partial charge in [-0.05, 0) is 56.0 Å². The predicted octanol–water partition coefficient (Wildman–Crippen LogP) is 2.35. The fourth-order valence-corrected chi connectivity index (χ4v) is 2.21. The van der Waals surface area contributed by atoms with Crippen molar-refractivity contribution in [3.05, 3.63) is 35.4 Å². The van der Waals surface area contributed by atoms with E-state index in [9.17, 15) is 4.79 Å². The van der Waals surface area contributed by atoms with Crippen LogP contribution in [0.5, 0.6) is 0 Å². The Hall–Kier alpha value is -1.06. The molecule has 0 bridgehead atoms. The lowest BCUT2D eigenvalue weighted by atomic mass is 9.92. The van der Waals surface area contributed by atoms with Crippen LogP contribution >= 0.6 is 12.4 Å². The first-order valence-electron chi connectivity index (χ1n) is 5.78. The van der Waals surface area contributed by atoms with Gasteiger partial charge in [0.05, 0.1) is 5.56 Å². The number of benzene rings is 1. The van der Waals surface area contributed by atoms with Crippen LogP contribution in [0.15, 0.2) is 24.3 Å². The highest BCUT2D eigenvalue weighted by molar-refractivity contribution is 5.87. The zero-order valence-corrected chi connectivity index (χ0v) is 10.5. The van der Waals surface area contributed by atoms with Crippen molar-refractivity contribution in [1.82, 2.24) is 5.32 Å². The summed E-state index contributed by atoms with van der Waals surface area (Å²) in [5.74, 6) is -0.157. The molecule has 0 amide bonds. The Morgan fingerprint density at radius 3 is 2.59 bits per heavy atom. The monoisotopic (exact) mass is 255 g/mol. The lowest BCUT2D eigenvalue weighted by molar-refractivity contribution is 0.0697. The molecule has 4 heteroatoms. The number of aromatic carboxylic acids is 1. The molecule has 0 spiro atoms. The van der Waals surface area contributed by atoms with Crippen LogP contribution < -0.4 is 5.32 Å². The van der Waals surface area contributed by atoms with E-state index in [4.69, 9.17) is 5.11 Å². The van der Waals surface area contributed by atoms with Crippen molar-refractivity contribution in [2.75, 3.05) is 13.1 Å². The first-order chi connectivity index (χ1) is 7.75. The molecule has 0 saturated carbocycles. The molecule has 2 rings (SSSR count). The predicted molar refractivity (Wildman–Crippen MR) is 69.9 cm³/mol. The van der Waals surface area contributed by atoms with Crippen molar-refractivity contribution in [3.8, 4) is 0 Å². The Balaban J connectivity index is 0.00000144. The van der Waals surface area contributed by atoms with E-state index in [1.807, 2.05) is 12.1 Å². The number of carbonyl (C=O) groups is 1. The van der Waals surface area contributed by atoms with Crippen molar-refractivity contribution < 1.29 is 9.90 Å². The van der Waals surface area contributed by atoms with Gasteiger partial charge >= 0.3 is 5.97 Å². The van der Waals surface area contributed by atoms with Crippen molar-refractivity contribution >= 4 is 18.4 Å². The minimum Gasteiger partial charge on any atom is -0.478 e. The van der Waals surface area contributed by atoms with Crippen molar-refractivity contribution in [1.29, 1.82) is 0 Å². The van der Waals surface area contributed by atoms with Crippen molar-refractivity contribution in [2.24, 2.45) is 5.92 Å². The standard InChI is InChI=1S/C13H17NO2.ClH/c15-13(16)12-5-3-10(4-6-12)8-11-2-1-7-14-9-11;/h3-6,11,14H,1-2,7-9H2,(H,15,16);1H. The molecule has 94 valence electrons. The van der Waals surface area contributed by atoms with E-state index in [-0.39, 0.29) is 12.4 Å². The van der Waals surface area contributed by atoms with Gasteiger partial charge in [0.25, 0.3) is 0 Å². The molecule has 2 N–H and O–H groups in total. The van der Waals surface area contributed by atoms with Gasteiger partial charge in [-0.2, -0.15) is 0 Å². The highest BCUT2D eigenvalue weighted by Gasteiger charge is 2.13. The fraction of sp³-hybridized carbons (Fsp3) is 0.462. The molecule has 1 unspecified atom stereocenters. The maximum absolute atomic E-state index is 10.7. The molecule has 17 heavy (non-hydrogen) atoms. The number of carboxylic acid groups (broad SMARTS) is 1. The highest BCUT2D eigenvalue weighted by Crippen LogP contribution is 2.16. The third kappa shape index (κ3) is 4.02. The summed E-state index contributed by atoms with van der Waals surface area (Å²) < 4.78 is 0. The summed E-state index contributed by atoms with van der Waals surface area (Å²) in [6, 6.07) is 7.23. The van der Waals surface area contributed by atoms with Crippen LogP contribution in [0.3, 0.4) is 0 Å². The largest absolute Gasteiger partial charge is 0.478 e. The molecule has 1 fully saturated rings. The molecule has 0 aliphatic carbocycles. The SMILES string of the molecule is Cl.O=C(O)c1ccc(CC2CCCNC2)cc1. The molecule has 1 aromatic carbocycles. The lowest BCUT2D eigenvalue weighted by Crippen LogP contribution is -2.30. The van der Waals surface area contributed by atoms with Gasteiger partial charge in [0.15, 0.2) is 0 Å². The highest BCUT2D eigenvalue weighted by atomic mass is 35.5. The molecule has 1 aromatic rings. The number of halogens is 1. The van der Waals surface area contributed by atoms with Crippen LogP contribution in [0, 0.1) is 5.92 Å². The van der Waals surface area contributed by atoms with Gasteiger partial charge in [-0.25, -0.2) is 4.79 Å². The van der Waals surface area contributed by atoms with E-state index >= 15 is 0 Å². The van der Waals surface area contributed by atoms with E-state index in [0.717, 1.165) is 19.5 Å². The molecule has 0 aromatic heterocycles. The average Bonchev–Trinajstić information content (AvgIpc) is 2.31. The van der Waals surface area contributed by atoms with E-state index in [2.05, 4.69) is 5.32 Å². The Morgan fingerprint density at radius 1 is 1.35 bits per heavy atom. The lowest BCUT2D eigenvalue weighted by Gasteiger charge is -2.22. The molecule has 3 nitrogen and oxygen atoms in total. The van der Waals surface area contributed by atoms with E-state index < -0.39 is 5.97 Å². The summed E-state index contributed by atoms with van der Waals surface area (Å²) in [6.45, 7) is 2.22. The second-order valence-corrected chi connectivity index (χ2v) is 4.42. The minimum absolute atomic E-state index is 0.